The molecule has 0 atom stereocenters. The third-order valence-corrected chi connectivity index (χ3v) is 1.55. The zero-order valence-electron chi connectivity index (χ0n) is 7.88. The minimum atomic E-state index is 0.384. The smallest absolute Gasteiger partial charge is 0.0555 e. The molecule has 0 amide bonds. The molecule has 1 aromatic carbocycles. The average molecular weight is 184 g/mol. The van der Waals surface area contributed by atoms with E-state index in [1.165, 1.54) is 0 Å². The highest BCUT2D eigenvalue weighted by Crippen LogP contribution is 2.01. The Bertz CT molecular complexity index is 355. The second-order valence-electron chi connectivity index (χ2n) is 2.59. The van der Waals surface area contributed by atoms with Gasteiger partial charge in [-0.05, 0) is 24.3 Å². The summed E-state index contributed by atoms with van der Waals surface area (Å²) < 4.78 is 0. The number of benzene rings is 1. The first-order chi connectivity index (χ1) is 6.86. The lowest BCUT2D eigenvalue weighted by Crippen LogP contribution is -1.93. The molecule has 70 valence electrons. The third kappa shape index (κ3) is 3.33. The van der Waals surface area contributed by atoms with E-state index in [0.717, 1.165) is 11.1 Å². The fraction of sp³-hybridized carbons (Fsp3) is 0.167. The maximum absolute atomic E-state index is 5.26. The lowest BCUT2D eigenvalue weighted by molar-refractivity contribution is 1.30. The van der Waals surface area contributed by atoms with Gasteiger partial charge in [0.25, 0.3) is 0 Å². The molecule has 0 bridgehead atoms. The Hall–Kier alpha value is -1.74. The molecule has 0 saturated carbocycles. The van der Waals surface area contributed by atoms with Gasteiger partial charge in [0.05, 0.1) is 13.1 Å². The molecule has 2 nitrogen and oxygen atoms in total. The molecule has 0 heterocycles. The molecule has 1 aromatic rings. The average Bonchev–Trinajstić information content (AvgIpc) is 2.25. The Morgan fingerprint density at radius 2 is 1.14 bits per heavy atom. The van der Waals surface area contributed by atoms with Gasteiger partial charge in [-0.25, -0.2) is 0 Å². The minimum Gasteiger partial charge on any atom is -0.320 e. The van der Waals surface area contributed by atoms with Crippen molar-refractivity contribution < 1.29 is 0 Å². The first-order valence-corrected chi connectivity index (χ1v) is 4.34. The second-order valence-corrected chi connectivity index (χ2v) is 2.59. The molecule has 2 heteroatoms. The van der Waals surface area contributed by atoms with Crippen LogP contribution in [0.1, 0.15) is 11.1 Å². The van der Waals surface area contributed by atoms with Gasteiger partial charge in [-0.3, -0.25) is 0 Å². The summed E-state index contributed by atoms with van der Waals surface area (Å²) in [5.74, 6) is 11.5. The van der Waals surface area contributed by atoms with Gasteiger partial charge in [0, 0.05) is 11.1 Å². The molecule has 0 unspecified atom stereocenters. The van der Waals surface area contributed by atoms with Gasteiger partial charge < -0.3 is 11.5 Å². The third-order valence-electron chi connectivity index (χ3n) is 1.55. The Morgan fingerprint density at radius 3 is 1.43 bits per heavy atom. The van der Waals surface area contributed by atoms with Crippen LogP contribution >= 0.6 is 0 Å². The monoisotopic (exact) mass is 184 g/mol. The number of rotatable bonds is 0. The maximum Gasteiger partial charge on any atom is 0.0555 e. The summed E-state index contributed by atoms with van der Waals surface area (Å²) in [6.45, 7) is 0.767. The summed E-state index contributed by atoms with van der Waals surface area (Å²) in [5, 5.41) is 0. The maximum atomic E-state index is 5.26. The first-order valence-electron chi connectivity index (χ1n) is 4.34. The standard InChI is InChI=1S/C12H12N2/c13-9-1-3-11-5-7-12(8-6-11)4-2-10-14/h5-8H,9-10,13-14H2. The van der Waals surface area contributed by atoms with Crippen LogP contribution in [-0.4, -0.2) is 13.1 Å². The van der Waals surface area contributed by atoms with E-state index in [9.17, 15) is 0 Å². The summed E-state index contributed by atoms with van der Waals surface area (Å²) >= 11 is 0. The molecule has 0 aliphatic heterocycles. The van der Waals surface area contributed by atoms with Crippen molar-refractivity contribution in [2.24, 2.45) is 11.5 Å². The molecule has 0 aliphatic carbocycles. The van der Waals surface area contributed by atoms with E-state index in [1.807, 2.05) is 24.3 Å². The van der Waals surface area contributed by atoms with Crippen LogP contribution < -0.4 is 11.5 Å². The topological polar surface area (TPSA) is 52.0 Å². The summed E-state index contributed by atoms with van der Waals surface area (Å²) in [4.78, 5) is 0. The van der Waals surface area contributed by atoms with E-state index in [0.29, 0.717) is 13.1 Å². The Balaban J connectivity index is 2.78. The Morgan fingerprint density at radius 1 is 0.786 bits per heavy atom. The largest absolute Gasteiger partial charge is 0.320 e. The summed E-state index contributed by atoms with van der Waals surface area (Å²) in [6, 6.07) is 7.68. The quantitative estimate of drug-likeness (QED) is 0.570. The molecule has 14 heavy (non-hydrogen) atoms. The van der Waals surface area contributed by atoms with Gasteiger partial charge >= 0.3 is 0 Å². The molecule has 0 fully saturated rings. The van der Waals surface area contributed by atoms with Crippen molar-refractivity contribution in [3.63, 3.8) is 0 Å². The van der Waals surface area contributed by atoms with Crippen LogP contribution in [0.25, 0.3) is 0 Å². The molecular weight excluding hydrogens is 172 g/mol. The lowest BCUT2D eigenvalue weighted by Gasteiger charge is -1.90. The minimum absolute atomic E-state index is 0.384. The predicted molar refractivity (Wildman–Crippen MR) is 58.3 cm³/mol. The molecule has 1 rings (SSSR count). The van der Waals surface area contributed by atoms with Crippen molar-refractivity contribution in [1.29, 1.82) is 0 Å². The van der Waals surface area contributed by atoms with Gasteiger partial charge in [0.1, 0.15) is 0 Å². The van der Waals surface area contributed by atoms with Crippen LogP contribution in [0, 0.1) is 23.7 Å². The van der Waals surface area contributed by atoms with Gasteiger partial charge in [-0.15, -0.1) is 0 Å². The number of hydrogen-bond acceptors (Lipinski definition) is 2. The van der Waals surface area contributed by atoms with Crippen molar-refractivity contribution in [3.8, 4) is 23.7 Å². The fourth-order valence-electron chi connectivity index (χ4n) is 0.943. The second kappa shape index (κ2) is 5.83. The molecule has 0 aromatic heterocycles. The van der Waals surface area contributed by atoms with Gasteiger partial charge in [-0.2, -0.15) is 0 Å². The fourth-order valence-corrected chi connectivity index (χ4v) is 0.943. The Kier molecular flexibility index (Phi) is 4.31. The SMILES string of the molecule is NCC#Cc1ccc(C#CCN)cc1. The lowest BCUT2D eigenvalue weighted by atomic mass is 10.1. The summed E-state index contributed by atoms with van der Waals surface area (Å²) in [6.07, 6.45) is 0. The van der Waals surface area contributed by atoms with E-state index >= 15 is 0 Å². The van der Waals surface area contributed by atoms with E-state index in [1.54, 1.807) is 0 Å². The molecule has 0 saturated heterocycles. The molecule has 0 aliphatic rings. The van der Waals surface area contributed by atoms with Crippen molar-refractivity contribution >= 4 is 0 Å². The molecule has 0 spiro atoms. The van der Waals surface area contributed by atoms with Gasteiger partial charge in [0.2, 0.25) is 0 Å². The molecular formula is C12H12N2. The van der Waals surface area contributed by atoms with Crippen LogP contribution in [0.2, 0.25) is 0 Å². The number of hydrogen-bond donors (Lipinski definition) is 2. The van der Waals surface area contributed by atoms with Crippen molar-refractivity contribution in [3.05, 3.63) is 35.4 Å². The van der Waals surface area contributed by atoms with Crippen molar-refractivity contribution in [2.45, 2.75) is 0 Å². The number of nitrogens with two attached hydrogens (primary N) is 2. The van der Waals surface area contributed by atoms with Crippen LogP contribution in [-0.2, 0) is 0 Å². The predicted octanol–water partition coefficient (Wildman–Crippen LogP) is 0.307. The van der Waals surface area contributed by atoms with Crippen LogP contribution in [0.4, 0.5) is 0 Å². The van der Waals surface area contributed by atoms with Gasteiger partial charge in [0.15, 0.2) is 0 Å². The highest BCUT2D eigenvalue weighted by molar-refractivity contribution is 5.41. The normalized spacial score (nSPS) is 8.14. The summed E-state index contributed by atoms with van der Waals surface area (Å²) in [7, 11) is 0. The zero-order chi connectivity index (χ0) is 10.2. The van der Waals surface area contributed by atoms with E-state index in [4.69, 9.17) is 11.5 Å². The first kappa shape index (κ1) is 10.3. The van der Waals surface area contributed by atoms with Crippen LogP contribution in [0.5, 0.6) is 0 Å². The highest BCUT2D eigenvalue weighted by Gasteiger charge is 1.87. The molecule has 4 N–H and O–H groups in total. The van der Waals surface area contributed by atoms with Crippen LogP contribution in [0.15, 0.2) is 24.3 Å². The van der Waals surface area contributed by atoms with Gasteiger partial charge in [-0.1, -0.05) is 23.7 Å². The zero-order valence-corrected chi connectivity index (χ0v) is 7.88. The van der Waals surface area contributed by atoms with Crippen molar-refractivity contribution in [1.82, 2.24) is 0 Å². The summed E-state index contributed by atoms with van der Waals surface area (Å²) in [5.41, 5.74) is 12.4. The molecule has 0 radical (unpaired) electrons. The van der Waals surface area contributed by atoms with Crippen LogP contribution in [0.3, 0.4) is 0 Å². The Labute approximate surface area is 84.3 Å². The highest BCUT2D eigenvalue weighted by atomic mass is 14.5. The van der Waals surface area contributed by atoms with Crippen molar-refractivity contribution in [2.75, 3.05) is 13.1 Å². The van der Waals surface area contributed by atoms with E-state index < -0.39 is 0 Å². The van der Waals surface area contributed by atoms with E-state index in [-0.39, 0.29) is 0 Å². The van der Waals surface area contributed by atoms with E-state index in [2.05, 4.69) is 23.7 Å².